The van der Waals surface area contributed by atoms with Gasteiger partial charge in [0.15, 0.2) is 0 Å². The quantitative estimate of drug-likeness (QED) is 0.428. The first-order chi connectivity index (χ1) is 15.3. The van der Waals surface area contributed by atoms with Crippen molar-refractivity contribution in [2.75, 3.05) is 18.5 Å². The Bertz CT molecular complexity index is 1150. The molecule has 1 aliphatic rings. The molecule has 4 aromatic rings. The molecule has 0 amide bonds. The Morgan fingerprint density at radius 1 is 0.839 bits per heavy atom. The van der Waals surface area contributed by atoms with E-state index in [4.69, 9.17) is 4.74 Å². The lowest BCUT2D eigenvalue weighted by atomic mass is 10.0. The van der Waals surface area contributed by atoms with Crippen LogP contribution in [0.15, 0.2) is 85.1 Å². The van der Waals surface area contributed by atoms with Gasteiger partial charge in [-0.3, -0.25) is 5.32 Å². The van der Waals surface area contributed by atoms with Crippen LogP contribution in [0.3, 0.4) is 0 Å². The van der Waals surface area contributed by atoms with Crippen LogP contribution in [0.5, 0.6) is 5.75 Å². The van der Waals surface area contributed by atoms with Crippen LogP contribution in [0.4, 0.5) is 5.95 Å². The van der Waals surface area contributed by atoms with Crippen molar-refractivity contribution in [3.05, 3.63) is 85.1 Å². The van der Waals surface area contributed by atoms with Crippen molar-refractivity contribution in [2.45, 2.75) is 26.3 Å². The number of benzene rings is 3. The maximum Gasteiger partial charge on any atom is 0.362 e. The number of anilines is 1. The average molecular weight is 411 g/mol. The zero-order valence-electron chi connectivity index (χ0n) is 17.9. The number of aromatic nitrogens is 2. The van der Waals surface area contributed by atoms with Crippen LogP contribution in [-0.2, 0) is 6.54 Å². The maximum atomic E-state index is 5.62. The predicted octanol–water partition coefficient (Wildman–Crippen LogP) is 5.70. The monoisotopic (exact) mass is 410 g/mol. The Hall–Kier alpha value is -3.53. The van der Waals surface area contributed by atoms with E-state index in [2.05, 4.69) is 87.4 Å². The molecule has 5 rings (SSSR count). The summed E-state index contributed by atoms with van der Waals surface area (Å²) in [5, 5.41) is 3.65. The van der Waals surface area contributed by atoms with Gasteiger partial charge in [-0.2, -0.15) is 0 Å². The molecule has 0 fully saturated rings. The number of nitrogens with one attached hydrogen (secondary N) is 1. The van der Waals surface area contributed by atoms with E-state index in [1.807, 2.05) is 19.1 Å². The van der Waals surface area contributed by atoms with E-state index < -0.39 is 0 Å². The van der Waals surface area contributed by atoms with Gasteiger partial charge < -0.3 is 4.74 Å². The van der Waals surface area contributed by atoms with E-state index in [0.29, 0.717) is 6.61 Å². The summed E-state index contributed by atoms with van der Waals surface area (Å²) in [4.78, 5) is 0. The molecule has 31 heavy (non-hydrogen) atoms. The SMILES string of the molecule is CCOc1ccc(-n2cc(-c3ccc(-c4ccccc4)cc3)[n+]3c2NCCCC3)cc1. The molecular formula is C27H28N3O+. The second kappa shape index (κ2) is 8.68. The highest BCUT2D eigenvalue weighted by Gasteiger charge is 2.26. The first-order valence-electron chi connectivity index (χ1n) is 11.1. The highest BCUT2D eigenvalue weighted by Crippen LogP contribution is 2.28. The number of ether oxygens (including phenoxy) is 1. The van der Waals surface area contributed by atoms with Crippen molar-refractivity contribution in [2.24, 2.45) is 0 Å². The summed E-state index contributed by atoms with van der Waals surface area (Å²) >= 11 is 0. The molecule has 0 saturated heterocycles. The van der Waals surface area contributed by atoms with Crippen molar-refractivity contribution in [3.8, 4) is 33.8 Å². The van der Waals surface area contributed by atoms with Crippen LogP contribution in [-0.4, -0.2) is 17.7 Å². The third kappa shape index (κ3) is 3.93. The Morgan fingerprint density at radius 2 is 1.55 bits per heavy atom. The Balaban J connectivity index is 1.54. The summed E-state index contributed by atoms with van der Waals surface area (Å²) in [5.74, 6) is 2.05. The highest BCUT2D eigenvalue weighted by molar-refractivity contribution is 5.68. The smallest absolute Gasteiger partial charge is 0.362 e. The number of rotatable bonds is 5. The zero-order chi connectivity index (χ0) is 21.0. The number of hydrogen-bond donors (Lipinski definition) is 1. The normalized spacial score (nSPS) is 13.2. The van der Waals surface area contributed by atoms with Gasteiger partial charge in [0.25, 0.3) is 0 Å². The van der Waals surface area contributed by atoms with Crippen molar-refractivity contribution < 1.29 is 9.30 Å². The van der Waals surface area contributed by atoms with Crippen molar-refractivity contribution in [1.29, 1.82) is 0 Å². The fourth-order valence-electron chi connectivity index (χ4n) is 4.26. The third-order valence-electron chi connectivity index (χ3n) is 5.83. The minimum absolute atomic E-state index is 0.679. The van der Waals surface area contributed by atoms with Gasteiger partial charge in [-0.05, 0) is 55.2 Å². The molecule has 0 saturated carbocycles. The van der Waals surface area contributed by atoms with Gasteiger partial charge in [0, 0.05) is 5.56 Å². The van der Waals surface area contributed by atoms with E-state index >= 15 is 0 Å². The molecule has 4 heteroatoms. The molecule has 0 bridgehead atoms. The van der Waals surface area contributed by atoms with Gasteiger partial charge >= 0.3 is 5.95 Å². The molecule has 156 valence electrons. The summed E-state index contributed by atoms with van der Waals surface area (Å²) < 4.78 is 10.3. The van der Waals surface area contributed by atoms with Crippen molar-refractivity contribution in [1.82, 2.24) is 4.57 Å². The second-order valence-electron chi connectivity index (χ2n) is 7.86. The van der Waals surface area contributed by atoms with Gasteiger partial charge in [-0.15, -0.1) is 0 Å². The molecule has 4 nitrogen and oxygen atoms in total. The lowest BCUT2D eigenvalue weighted by Gasteiger charge is -2.06. The maximum absolute atomic E-state index is 5.62. The molecule has 0 unspecified atom stereocenters. The summed E-state index contributed by atoms with van der Waals surface area (Å²) in [6.45, 7) is 4.70. The van der Waals surface area contributed by atoms with Crippen LogP contribution in [0.2, 0.25) is 0 Å². The van der Waals surface area contributed by atoms with Crippen molar-refractivity contribution in [3.63, 3.8) is 0 Å². The number of hydrogen-bond acceptors (Lipinski definition) is 2. The molecule has 0 atom stereocenters. The number of fused-ring (bicyclic) bond motifs is 1. The van der Waals surface area contributed by atoms with Gasteiger partial charge in [-0.1, -0.05) is 54.6 Å². The van der Waals surface area contributed by atoms with Crippen LogP contribution >= 0.6 is 0 Å². The molecule has 1 aliphatic heterocycles. The van der Waals surface area contributed by atoms with Crippen LogP contribution in [0, 0.1) is 0 Å². The molecule has 0 aliphatic carbocycles. The Labute approximate surface area is 183 Å². The molecule has 0 radical (unpaired) electrons. The average Bonchev–Trinajstić information content (AvgIpc) is 3.01. The largest absolute Gasteiger partial charge is 0.494 e. The standard InChI is InChI=1S/C27H27N3O/c1-2-31-25-16-14-24(15-17-25)30-20-26(29-19-7-6-18-28-27(29)30)23-12-10-22(11-13-23)21-8-4-3-5-9-21/h3-5,8-17,20H,2,6-7,18-19H2,1H3/p+1. The number of nitrogens with zero attached hydrogens (tertiary/aromatic N) is 2. The lowest BCUT2D eigenvalue weighted by Crippen LogP contribution is -2.36. The second-order valence-corrected chi connectivity index (χ2v) is 7.86. The first kappa shape index (κ1) is 19.4. The van der Waals surface area contributed by atoms with Crippen LogP contribution in [0.1, 0.15) is 19.8 Å². The molecule has 1 aromatic heterocycles. The Kier molecular flexibility index (Phi) is 5.44. The third-order valence-corrected chi connectivity index (χ3v) is 5.83. The minimum Gasteiger partial charge on any atom is -0.494 e. The van der Waals surface area contributed by atoms with E-state index in [-0.39, 0.29) is 0 Å². The number of imidazole rings is 1. The van der Waals surface area contributed by atoms with Gasteiger partial charge in [0.2, 0.25) is 0 Å². The Morgan fingerprint density at radius 3 is 2.29 bits per heavy atom. The fraction of sp³-hybridized carbons (Fsp3) is 0.222. The predicted molar refractivity (Wildman–Crippen MR) is 126 cm³/mol. The van der Waals surface area contributed by atoms with Gasteiger partial charge in [0.1, 0.15) is 23.3 Å². The van der Waals surface area contributed by atoms with Crippen molar-refractivity contribution >= 4 is 5.95 Å². The molecular weight excluding hydrogens is 382 g/mol. The van der Waals surface area contributed by atoms with Gasteiger partial charge in [-0.25, -0.2) is 9.13 Å². The summed E-state index contributed by atoms with van der Waals surface area (Å²) in [6.07, 6.45) is 4.60. The summed E-state index contributed by atoms with van der Waals surface area (Å²) in [7, 11) is 0. The zero-order valence-corrected chi connectivity index (χ0v) is 17.9. The highest BCUT2D eigenvalue weighted by atomic mass is 16.5. The molecule has 1 N–H and O–H groups in total. The van der Waals surface area contributed by atoms with Gasteiger partial charge in [0.05, 0.1) is 19.7 Å². The molecule has 3 aromatic carbocycles. The fourth-order valence-corrected chi connectivity index (χ4v) is 4.26. The summed E-state index contributed by atoms with van der Waals surface area (Å²) in [5.41, 5.74) is 6.08. The van der Waals surface area contributed by atoms with E-state index in [1.165, 1.54) is 35.2 Å². The van der Waals surface area contributed by atoms with E-state index in [1.54, 1.807) is 0 Å². The molecule has 2 heterocycles. The minimum atomic E-state index is 0.679. The molecule has 0 spiro atoms. The van der Waals surface area contributed by atoms with E-state index in [0.717, 1.165) is 30.5 Å². The van der Waals surface area contributed by atoms with Crippen LogP contribution in [0.25, 0.3) is 28.1 Å². The topological polar surface area (TPSA) is 30.1 Å². The van der Waals surface area contributed by atoms with Crippen LogP contribution < -0.4 is 14.6 Å². The van der Waals surface area contributed by atoms with E-state index in [9.17, 15) is 0 Å². The first-order valence-corrected chi connectivity index (χ1v) is 11.1. The summed E-state index contributed by atoms with van der Waals surface area (Å²) in [6, 6.07) is 27.8. The lowest BCUT2D eigenvalue weighted by molar-refractivity contribution is -0.670.